The molecule has 1 heterocycles. The summed E-state index contributed by atoms with van der Waals surface area (Å²) in [6, 6.07) is 14.6. The maximum absolute atomic E-state index is 5.65. The molecular weight excluding hydrogens is 234 g/mol. The number of ether oxygens (including phenoxy) is 1. The van der Waals surface area contributed by atoms with Crippen LogP contribution in [0, 0.1) is 0 Å². The van der Waals surface area contributed by atoms with Gasteiger partial charge in [0, 0.05) is 24.5 Å². The first-order chi connectivity index (χ1) is 9.38. The lowest BCUT2D eigenvalue weighted by Crippen LogP contribution is -2.13. The maximum atomic E-state index is 5.65. The number of hydrogen-bond acceptors (Lipinski definition) is 2. The number of nitrogens with zero attached hydrogens (tertiary/aromatic N) is 1. The largest absolute Gasteiger partial charge is 0.461 e. The Kier molecular flexibility index (Phi) is 3.07. The zero-order valence-electron chi connectivity index (χ0n) is 10.6. The predicted octanol–water partition coefficient (Wildman–Crippen LogP) is 4.13. The van der Waals surface area contributed by atoms with Crippen LogP contribution in [-0.2, 0) is 4.74 Å². The van der Waals surface area contributed by atoms with E-state index in [0.717, 1.165) is 17.9 Å². The van der Waals surface area contributed by atoms with E-state index in [1.165, 1.54) is 10.8 Å². The molecule has 0 atom stereocenters. The van der Waals surface area contributed by atoms with Crippen molar-refractivity contribution in [1.82, 2.24) is 4.90 Å². The Labute approximate surface area is 112 Å². The predicted molar refractivity (Wildman–Crippen MR) is 79.1 cm³/mol. The summed E-state index contributed by atoms with van der Waals surface area (Å²) < 4.78 is 5.65. The van der Waals surface area contributed by atoms with Crippen molar-refractivity contribution in [3.63, 3.8) is 0 Å². The van der Waals surface area contributed by atoms with Crippen LogP contribution in [0.25, 0.3) is 16.5 Å². The summed E-state index contributed by atoms with van der Waals surface area (Å²) in [5, 5.41) is 2.42. The fourth-order valence-corrected chi connectivity index (χ4v) is 2.24. The summed E-state index contributed by atoms with van der Waals surface area (Å²) in [7, 11) is 0. The molecule has 3 rings (SSSR count). The van der Waals surface area contributed by atoms with E-state index in [1.54, 1.807) is 6.26 Å². The topological polar surface area (TPSA) is 12.5 Å². The van der Waals surface area contributed by atoms with Crippen LogP contribution in [0.15, 0.2) is 73.8 Å². The van der Waals surface area contributed by atoms with Gasteiger partial charge >= 0.3 is 0 Å². The van der Waals surface area contributed by atoms with Crippen molar-refractivity contribution in [2.45, 2.75) is 0 Å². The minimum atomic E-state index is 0.772. The van der Waals surface area contributed by atoms with Crippen molar-refractivity contribution in [2.75, 3.05) is 6.54 Å². The monoisotopic (exact) mass is 249 g/mol. The molecule has 1 aliphatic rings. The fourth-order valence-electron chi connectivity index (χ4n) is 2.24. The summed E-state index contributed by atoms with van der Waals surface area (Å²) >= 11 is 0. The molecule has 2 aromatic carbocycles. The lowest BCUT2D eigenvalue weighted by atomic mass is 10.0. The van der Waals surface area contributed by atoms with Crippen molar-refractivity contribution in [1.29, 1.82) is 0 Å². The van der Waals surface area contributed by atoms with Gasteiger partial charge in [0.1, 0.15) is 6.26 Å². The van der Waals surface area contributed by atoms with E-state index in [-0.39, 0.29) is 0 Å². The molecule has 1 aliphatic heterocycles. The van der Waals surface area contributed by atoms with Crippen molar-refractivity contribution in [3.8, 4) is 0 Å². The first kappa shape index (κ1) is 11.6. The molecular formula is C17H15NO. The van der Waals surface area contributed by atoms with Crippen LogP contribution < -0.4 is 0 Å². The summed E-state index contributed by atoms with van der Waals surface area (Å²) in [6.07, 6.45) is 7.48. The molecule has 0 fully saturated rings. The molecule has 0 saturated carbocycles. The molecule has 0 aromatic heterocycles. The second-order valence-electron chi connectivity index (χ2n) is 4.41. The molecule has 2 aromatic rings. The summed E-state index contributed by atoms with van der Waals surface area (Å²) in [5.41, 5.74) is 1.11. The molecule has 0 aliphatic carbocycles. The van der Waals surface area contributed by atoms with Crippen LogP contribution in [0.3, 0.4) is 0 Å². The van der Waals surface area contributed by atoms with E-state index in [0.29, 0.717) is 0 Å². The zero-order valence-corrected chi connectivity index (χ0v) is 10.6. The molecule has 0 radical (unpaired) electrons. The molecule has 19 heavy (non-hydrogen) atoms. The number of rotatable bonds is 3. The van der Waals surface area contributed by atoms with Crippen LogP contribution in [-0.4, -0.2) is 11.4 Å². The van der Waals surface area contributed by atoms with Gasteiger partial charge < -0.3 is 9.64 Å². The van der Waals surface area contributed by atoms with Gasteiger partial charge in [-0.3, -0.25) is 0 Å². The normalized spacial score (nSPS) is 14.1. The molecule has 0 amide bonds. The third-order valence-electron chi connectivity index (χ3n) is 3.13. The van der Waals surface area contributed by atoms with Crippen LogP contribution in [0.1, 0.15) is 5.56 Å². The molecule has 94 valence electrons. The third kappa shape index (κ3) is 2.25. The van der Waals surface area contributed by atoms with Gasteiger partial charge in [0.05, 0.1) is 0 Å². The van der Waals surface area contributed by atoms with E-state index in [2.05, 4.69) is 36.9 Å². The second-order valence-corrected chi connectivity index (χ2v) is 4.41. The van der Waals surface area contributed by atoms with E-state index >= 15 is 0 Å². The first-order valence-corrected chi connectivity index (χ1v) is 6.28. The summed E-state index contributed by atoms with van der Waals surface area (Å²) in [5.74, 6) is 0.862. The number of hydrogen-bond donors (Lipinski definition) is 0. The van der Waals surface area contributed by atoms with Gasteiger partial charge in [0.25, 0.3) is 0 Å². The minimum Gasteiger partial charge on any atom is -0.461 e. The fraction of sp³-hybridized carbons (Fsp3) is 0.0588. The Bertz CT molecular complexity index is 665. The van der Waals surface area contributed by atoms with E-state index in [9.17, 15) is 0 Å². The van der Waals surface area contributed by atoms with Crippen molar-refractivity contribution < 1.29 is 4.74 Å². The highest BCUT2D eigenvalue weighted by molar-refractivity contribution is 5.92. The summed E-state index contributed by atoms with van der Waals surface area (Å²) in [6.45, 7) is 4.53. The SMILES string of the molecule is C=CCN1C=COC(c2cccc3ccccc23)=C1. The Morgan fingerprint density at radius 3 is 2.84 bits per heavy atom. The highest BCUT2D eigenvalue weighted by Gasteiger charge is 2.11. The smallest absolute Gasteiger partial charge is 0.150 e. The second kappa shape index (κ2) is 5.02. The first-order valence-electron chi connectivity index (χ1n) is 6.28. The van der Waals surface area contributed by atoms with Crippen LogP contribution in [0.4, 0.5) is 0 Å². The molecule has 2 nitrogen and oxygen atoms in total. The molecule has 0 bridgehead atoms. The minimum absolute atomic E-state index is 0.772. The molecule has 0 saturated heterocycles. The molecule has 0 spiro atoms. The third-order valence-corrected chi connectivity index (χ3v) is 3.13. The maximum Gasteiger partial charge on any atom is 0.150 e. The Balaban J connectivity index is 2.07. The summed E-state index contributed by atoms with van der Waals surface area (Å²) in [4.78, 5) is 2.05. The van der Waals surface area contributed by atoms with E-state index < -0.39 is 0 Å². The van der Waals surface area contributed by atoms with Crippen LogP contribution in [0.5, 0.6) is 0 Å². The quantitative estimate of drug-likeness (QED) is 0.758. The van der Waals surface area contributed by atoms with Gasteiger partial charge in [-0.1, -0.05) is 48.5 Å². The van der Waals surface area contributed by atoms with E-state index in [4.69, 9.17) is 4.74 Å². The Hall–Kier alpha value is -2.48. The van der Waals surface area contributed by atoms with Gasteiger partial charge in [-0.15, -0.1) is 6.58 Å². The van der Waals surface area contributed by atoms with E-state index in [1.807, 2.05) is 35.5 Å². The average Bonchev–Trinajstić information content (AvgIpc) is 2.47. The number of fused-ring (bicyclic) bond motifs is 1. The van der Waals surface area contributed by atoms with Gasteiger partial charge in [-0.05, 0) is 10.8 Å². The lowest BCUT2D eigenvalue weighted by molar-refractivity contribution is 0.384. The highest BCUT2D eigenvalue weighted by Crippen LogP contribution is 2.28. The lowest BCUT2D eigenvalue weighted by Gasteiger charge is -2.20. The van der Waals surface area contributed by atoms with Crippen molar-refractivity contribution in [2.24, 2.45) is 0 Å². The van der Waals surface area contributed by atoms with Crippen LogP contribution in [0.2, 0.25) is 0 Å². The van der Waals surface area contributed by atoms with Gasteiger partial charge in [0.15, 0.2) is 5.76 Å². The Morgan fingerprint density at radius 2 is 1.95 bits per heavy atom. The average molecular weight is 249 g/mol. The highest BCUT2D eigenvalue weighted by atomic mass is 16.5. The molecule has 0 N–H and O–H groups in total. The van der Waals surface area contributed by atoms with Crippen LogP contribution >= 0.6 is 0 Å². The standard InChI is InChI=1S/C17H15NO/c1-2-10-18-11-12-19-17(13-18)16-9-5-7-14-6-3-4-8-15(14)16/h2-9,11-13H,1,10H2. The van der Waals surface area contributed by atoms with Gasteiger partial charge in [-0.25, -0.2) is 0 Å². The Morgan fingerprint density at radius 1 is 1.11 bits per heavy atom. The molecule has 2 heteroatoms. The van der Waals surface area contributed by atoms with Gasteiger partial charge in [0.2, 0.25) is 0 Å². The molecule has 0 unspecified atom stereocenters. The number of benzene rings is 2. The van der Waals surface area contributed by atoms with Crippen molar-refractivity contribution in [3.05, 3.63) is 79.3 Å². The van der Waals surface area contributed by atoms with Gasteiger partial charge in [-0.2, -0.15) is 0 Å². The zero-order chi connectivity index (χ0) is 13.1. The van der Waals surface area contributed by atoms with Crippen molar-refractivity contribution >= 4 is 16.5 Å².